The standard InChI is InChI=1S/C21H22N6O/c1-14-12-15(27-22-9-10-23-27)5-8-19(14)26-11-3-4-20(26)21-24-17-7-6-16(28-2)13-18(17)25-21/h5-10,12-13,20H,3-4,11H2,1-2H3,(H,24,25)/t20-/m0/s1. The van der Waals surface area contributed by atoms with Crippen molar-refractivity contribution in [3.8, 4) is 11.4 Å². The molecule has 0 radical (unpaired) electrons. The minimum Gasteiger partial charge on any atom is -0.497 e. The van der Waals surface area contributed by atoms with Gasteiger partial charge in [-0.25, -0.2) is 4.98 Å². The third kappa shape index (κ3) is 2.79. The van der Waals surface area contributed by atoms with E-state index < -0.39 is 0 Å². The van der Waals surface area contributed by atoms with Crippen LogP contribution in [0.25, 0.3) is 16.7 Å². The fourth-order valence-electron chi connectivity index (χ4n) is 4.07. The number of anilines is 1. The molecular weight excluding hydrogens is 352 g/mol. The largest absolute Gasteiger partial charge is 0.497 e. The van der Waals surface area contributed by atoms with Crippen molar-refractivity contribution in [3.63, 3.8) is 0 Å². The van der Waals surface area contributed by atoms with Gasteiger partial charge in [0.05, 0.1) is 42.3 Å². The highest BCUT2D eigenvalue weighted by atomic mass is 16.5. The number of methoxy groups -OCH3 is 1. The zero-order valence-electron chi connectivity index (χ0n) is 16.0. The number of hydrogen-bond donors (Lipinski definition) is 1. The number of aryl methyl sites for hydroxylation is 1. The molecule has 2 aromatic heterocycles. The second-order valence-electron chi connectivity index (χ2n) is 7.15. The zero-order valence-corrected chi connectivity index (χ0v) is 16.0. The predicted molar refractivity (Wildman–Crippen MR) is 108 cm³/mol. The number of aromatic nitrogens is 5. The first kappa shape index (κ1) is 16.8. The van der Waals surface area contributed by atoms with E-state index in [9.17, 15) is 0 Å². The second-order valence-corrected chi connectivity index (χ2v) is 7.15. The average Bonchev–Trinajstić information content (AvgIpc) is 3.46. The lowest BCUT2D eigenvalue weighted by atomic mass is 10.1. The third-order valence-electron chi connectivity index (χ3n) is 5.42. The monoisotopic (exact) mass is 374 g/mol. The highest BCUT2D eigenvalue weighted by molar-refractivity contribution is 5.77. The lowest BCUT2D eigenvalue weighted by Gasteiger charge is -2.27. The van der Waals surface area contributed by atoms with Crippen molar-refractivity contribution in [2.24, 2.45) is 0 Å². The van der Waals surface area contributed by atoms with Crippen molar-refractivity contribution in [2.75, 3.05) is 18.6 Å². The smallest absolute Gasteiger partial charge is 0.130 e. The number of aromatic amines is 1. The van der Waals surface area contributed by atoms with E-state index in [1.54, 1.807) is 24.3 Å². The van der Waals surface area contributed by atoms with Gasteiger partial charge in [0.25, 0.3) is 0 Å². The van der Waals surface area contributed by atoms with E-state index in [1.807, 2.05) is 18.2 Å². The second kappa shape index (κ2) is 6.67. The molecule has 0 amide bonds. The minimum atomic E-state index is 0.241. The van der Waals surface area contributed by atoms with Crippen molar-refractivity contribution in [1.82, 2.24) is 25.0 Å². The molecule has 1 N–H and O–H groups in total. The summed E-state index contributed by atoms with van der Waals surface area (Å²) in [7, 11) is 1.68. The van der Waals surface area contributed by atoms with Crippen molar-refractivity contribution in [2.45, 2.75) is 25.8 Å². The van der Waals surface area contributed by atoms with Gasteiger partial charge in [-0.1, -0.05) is 0 Å². The van der Waals surface area contributed by atoms with Gasteiger partial charge in [0.1, 0.15) is 11.6 Å². The van der Waals surface area contributed by atoms with Gasteiger partial charge in [0, 0.05) is 18.3 Å². The van der Waals surface area contributed by atoms with Gasteiger partial charge in [0.2, 0.25) is 0 Å². The number of nitrogens with zero attached hydrogens (tertiary/aromatic N) is 5. The number of nitrogens with one attached hydrogen (secondary N) is 1. The molecule has 0 aliphatic carbocycles. The molecule has 1 saturated heterocycles. The Balaban J connectivity index is 1.48. The summed E-state index contributed by atoms with van der Waals surface area (Å²) in [4.78, 5) is 12.5. The molecule has 0 saturated carbocycles. The summed E-state index contributed by atoms with van der Waals surface area (Å²) in [6.07, 6.45) is 5.61. The molecule has 1 aliphatic heterocycles. The van der Waals surface area contributed by atoms with Crippen LogP contribution in [0.5, 0.6) is 5.75 Å². The minimum absolute atomic E-state index is 0.241. The number of benzene rings is 2. The average molecular weight is 374 g/mol. The van der Waals surface area contributed by atoms with Crippen molar-refractivity contribution < 1.29 is 4.74 Å². The Bertz CT molecular complexity index is 1120. The molecule has 0 spiro atoms. The molecule has 0 bridgehead atoms. The summed E-state index contributed by atoms with van der Waals surface area (Å²) in [5.41, 5.74) is 5.39. The van der Waals surface area contributed by atoms with Crippen molar-refractivity contribution >= 4 is 16.7 Å². The van der Waals surface area contributed by atoms with Gasteiger partial charge in [-0.05, 0) is 55.7 Å². The number of fused-ring (bicyclic) bond motifs is 1. The Hall–Kier alpha value is -3.35. The summed E-state index contributed by atoms with van der Waals surface area (Å²) >= 11 is 0. The van der Waals surface area contributed by atoms with E-state index in [0.717, 1.165) is 47.7 Å². The maximum absolute atomic E-state index is 5.33. The summed E-state index contributed by atoms with van der Waals surface area (Å²) in [6, 6.07) is 12.6. The van der Waals surface area contributed by atoms with Crippen LogP contribution in [0.15, 0.2) is 48.8 Å². The first-order chi connectivity index (χ1) is 13.7. The number of ether oxygens (including phenoxy) is 1. The Morgan fingerprint density at radius 3 is 2.75 bits per heavy atom. The van der Waals surface area contributed by atoms with E-state index in [1.165, 1.54) is 11.3 Å². The highest BCUT2D eigenvalue weighted by Gasteiger charge is 2.29. The van der Waals surface area contributed by atoms with E-state index in [-0.39, 0.29) is 6.04 Å². The summed E-state index contributed by atoms with van der Waals surface area (Å²) in [5.74, 6) is 1.85. The third-order valence-corrected chi connectivity index (χ3v) is 5.42. The molecular formula is C21H22N6O. The molecule has 7 heteroatoms. The quantitative estimate of drug-likeness (QED) is 0.588. The summed E-state index contributed by atoms with van der Waals surface area (Å²) in [5, 5.41) is 8.44. The summed E-state index contributed by atoms with van der Waals surface area (Å²) < 4.78 is 5.33. The fraction of sp³-hybridized carbons (Fsp3) is 0.286. The molecule has 1 aliphatic rings. The first-order valence-electron chi connectivity index (χ1n) is 9.50. The molecule has 7 nitrogen and oxygen atoms in total. The molecule has 1 atom stereocenters. The topological polar surface area (TPSA) is 71.9 Å². The number of hydrogen-bond acceptors (Lipinski definition) is 5. The van der Waals surface area contributed by atoms with Crippen LogP contribution in [0, 0.1) is 6.92 Å². The van der Waals surface area contributed by atoms with E-state index in [0.29, 0.717) is 0 Å². The first-order valence-corrected chi connectivity index (χ1v) is 9.50. The normalized spacial score (nSPS) is 16.8. The van der Waals surface area contributed by atoms with Crippen LogP contribution in [0.1, 0.15) is 30.3 Å². The molecule has 4 aromatic rings. The summed E-state index contributed by atoms with van der Waals surface area (Å²) in [6.45, 7) is 3.16. The number of rotatable bonds is 4. The van der Waals surface area contributed by atoms with Gasteiger partial charge >= 0.3 is 0 Å². The molecule has 3 heterocycles. The van der Waals surface area contributed by atoms with Gasteiger partial charge < -0.3 is 14.6 Å². The molecule has 28 heavy (non-hydrogen) atoms. The van der Waals surface area contributed by atoms with Gasteiger partial charge in [-0.15, -0.1) is 0 Å². The highest BCUT2D eigenvalue weighted by Crippen LogP contribution is 2.37. The van der Waals surface area contributed by atoms with E-state index in [4.69, 9.17) is 9.72 Å². The van der Waals surface area contributed by atoms with E-state index in [2.05, 4.69) is 45.2 Å². The maximum Gasteiger partial charge on any atom is 0.130 e. The van der Waals surface area contributed by atoms with Crippen molar-refractivity contribution in [1.29, 1.82) is 0 Å². The Morgan fingerprint density at radius 1 is 1.11 bits per heavy atom. The molecule has 142 valence electrons. The van der Waals surface area contributed by atoms with Gasteiger partial charge in [-0.2, -0.15) is 15.0 Å². The van der Waals surface area contributed by atoms with Crippen LogP contribution < -0.4 is 9.64 Å². The maximum atomic E-state index is 5.33. The fourth-order valence-corrected chi connectivity index (χ4v) is 4.07. The lowest BCUT2D eigenvalue weighted by molar-refractivity contribution is 0.415. The van der Waals surface area contributed by atoms with Crippen LogP contribution in [-0.2, 0) is 0 Å². The lowest BCUT2D eigenvalue weighted by Crippen LogP contribution is -2.24. The predicted octanol–water partition coefficient (Wildman–Crippen LogP) is 3.80. The molecule has 0 unspecified atom stereocenters. The Labute approximate surface area is 163 Å². The van der Waals surface area contributed by atoms with Crippen molar-refractivity contribution in [3.05, 3.63) is 60.2 Å². The van der Waals surface area contributed by atoms with E-state index >= 15 is 0 Å². The Kier molecular flexibility index (Phi) is 4.00. The van der Waals surface area contributed by atoms with Crippen LogP contribution in [-0.4, -0.2) is 38.6 Å². The number of H-pyrrole nitrogens is 1. The molecule has 2 aromatic carbocycles. The SMILES string of the molecule is COc1ccc2nc([C@@H]3CCCN3c3ccc(-n4nccn4)cc3C)[nH]c2c1. The van der Waals surface area contributed by atoms with Crippen LogP contribution in [0.3, 0.4) is 0 Å². The molecule has 1 fully saturated rings. The van der Waals surface area contributed by atoms with Crippen LogP contribution >= 0.6 is 0 Å². The number of imidazole rings is 1. The molecule has 5 rings (SSSR count). The Morgan fingerprint density at radius 2 is 1.96 bits per heavy atom. The van der Waals surface area contributed by atoms with Crippen LogP contribution in [0.2, 0.25) is 0 Å². The zero-order chi connectivity index (χ0) is 19.1. The van der Waals surface area contributed by atoms with Crippen LogP contribution in [0.4, 0.5) is 5.69 Å². The van der Waals surface area contributed by atoms with Gasteiger partial charge in [0.15, 0.2) is 0 Å². The van der Waals surface area contributed by atoms with Gasteiger partial charge in [-0.3, -0.25) is 0 Å².